The Balaban J connectivity index is 1.72. The van der Waals surface area contributed by atoms with E-state index >= 15 is 0 Å². The third-order valence-electron chi connectivity index (χ3n) is 5.78. The number of rotatable bonds is 7. The van der Waals surface area contributed by atoms with E-state index in [0.29, 0.717) is 18.1 Å². The molecule has 0 spiro atoms. The van der Waals surface area contributed by atoms with Gasteiger partial charge in [0.25, 0.3) is 0 Å². The van der Waals surface area contributed by atoms with Gasteiger partial charge in [-0.3, -0.25) is 0 Å². The van der Waals surface area contributed by atoms with Crippen molar-refractivity contribution in [3.8, 4) is 0 Å². The highest BCUT2D eigenvalue weighted by molar-refractivity contribution is 5.34. The molecule has 2 aromatic rings. The first-order valence-electron chi connectivity index (χ1n) is 10.2. The summed E-state index contributed by atoms with van der Waals surface area (Å²) in [6, 6.07) is 15.6. The van der Waals surface area contributed by atoms with Gasteiger partial charge in [0, 0.05) is 12.2 Å². The molecule has 1 aliphatic rings. The molecule has 26 heavy (non-hydrogen) atoms. The minimum absolute atomic E-state index is 0.204. The lowest BCUT2D eigenvalue weighted by molar-refractivity contribution is 0.0887. The summed E-state index contributed by atoms with van der Waals surface area (Å²) in [5.74, 6) is 1.40. The van der Waals surface area contributed by atoms with Crippen LogP contribution in [0.4, 0.5) is 4.39 Å². The van der Waals surface area contributed by atoms with Gasteiger partial charge in [-0.2, -0.15) is 0 Å². The molecule has 1 nitrogen and oxygen atoms in total. The largest absolute Gasteiger partial charge is 0.369 e. The van der Waals surface area contributed by atoms with Gasteiger partial charge < -0.3 is 4.74 Å². The Morgan fingerprint density at radius 1 is 0.962 bits per heavy atom. The molecule has 0 bridgehead atoms. The fraction of sp³-hybridized carbons (Fsp3) is 0.500. The summed E-state index contributed by atoms with van der Waals surface area (Å²) in [5.41, 5.74) is 3.06. The average molecular weight is 355 g/mol. The van der Waals surface area contributed by atoms with Gasteiger partial charge in [0.2, 0.25) is 0 Å². The van der Waals surface area contributed by atoms with E-state index in [1.54, 1.807) is 6.07 Å². The number of benzene rings is 2. The van der Waals surface area contributed by atoms with Crippen LogP contribution in [-0.2, 0) is 4.74 Å². The van der Waals surface area contributed by atoms with Gasteiger partial charge in [-0.1, -0.05) is 62.2 Å². The predicted octanol–water partition coefficient (Wildman–Crippen LogP) is 7.03. The van der Waals surface area contributed by atoms with Crippen molar-refractivity contribution >= 4 is 0 Å². The summed E-state index contributed by atoms with van der Waals surface area (Å²) in [6.07, 6.45) is 7.66. The van der Waals surface area contributed by atoms with Crippen molar-refractivity contribution in [1.29, 1.82) is 0 Å². The molecule has 140 valence electrons. The average Bonchev–Trinajstić information content (AvgIpc) is 2.68. The third kappa shape index (κ3) is 4.54. The summed E-state index contributed by atoms with van der Waals surface area (Å²) < 4.78 is 20.1. The quantitative estimate of drug-likeness (QED) is 0.519. The zero-order chi connectivity index (χ0) is 18.4. The Hall–Kier alpha value is -1.67. The highest BCUT2D eigenvalue weighted by atomic mass is 19.1. The summed E-state index contributed by atoms with van der Waals surface area (Å²) >= 11 is 0. The van der Waals surface area contributed by atoms with E-state index in [2.05, 4.69) is 31.2 Å². The Morgan fingerprint density at radius 2 is 1.65 bits per heavy atom. The van der Waals surface area contributed by atoms with E-state index in [9.17, 15) is 4.39 Å². The van der Waals surface area contributed by atoms with Crippen LogP contribution in [0.1, 0.15) is 81.1 Å². The van der Waals surface area contributed by atoms with Crippen molar-refractivity contribution < 1.29 is 9.13 Å². The molecule has 0 radical (unpaired) electrons. The third-order valence-corrected chi connectivity index (χ3v) is 5.78. The van der Waals surface area contributed by atoms with E-state index < -0.39 is 0 Å². The molecular formula is C24H31FO. The zero-order valence-corrected chi connectivity index (χ0v) is 16.1. The van der Waals surface area contributed by atoms with E-state index in [0.717, 1.165) is 11.5 Å². The maximum Gasteiger partial charge on any atom is 0.129 e. The monoisotopic (exact) mass is 354 g/mol. The van der Waals surface area contributed by atoms with Crippen molar-refractivity contribution in [3.63, 3.8) is 0 Å². The summed E-state index contributed by atoms with van der Waals surface area (Å²) in [6.45, 7) is 4.80. The van der Waals surface area contributed by atoms with Gasteiger partial charge in [0.05, 0.1) is 0 Å². The topological polar surface area (TPSA) is 9.23 Å². The second-order valence-electron chi connectivity index (χ2n) is 7.53. The van der Waals surface area contributed by atoms with Crippen LogP contribution in [0, 0.1) is 11.7 Å². The minimum atomic E-state index is -0.337. The molecule has 0 N–H and O–H groups in total. The van der Waals surface area contributed by atoms with Crippen molar-refractivity contribution in [2.24, 2.45) is 5.92 Å². The van der Waals surface area contributed by atoms with Gasteiger partial charge in [-0.25, -0.2) is 4.39 Å². The maximum absolute atomic E-state index is 14.2. The van der Waals surface area contributed by atoms with Crippen molar-refractivity contribution in [2.45, 2.75) is 64.4 Å². The lowest BCUT2D eigenvalue weighted by Gasteiger charge is -2.29. The highest BCUT2D eigenvalue weighted by Gasteiger charge is 2.23. The Morgan fingerprint density at radius 3 is 2.27 bits per heavy atom. The Labute approximate surface area is 157 Å². The molecule has 1 saturated carbocycles. The van der Waals surface area contributed by atoms with Crippen molar-refractivity contribution in [1.82, 2.24) is 0 Å². The van der Waals surface area contributed by atoms with E-state index in [1.807, 2.05) is 19.1 Å². The Kier molecular flexibility index (Phi) is 6.85. The summed E-state index contributed by atoms with van der Waals surface area (Å²) in [5, 5.41) is 0. The van der Waals surface area contributed by atoms with Crippen LogP contribution in [0.3, 0.4) is 0 Å². The molecule has 0 heterocycles. The van der Waals surface area contributed by atoms with E-state index in [4.69, 9.17) is 4.74 Å². The van der Waals surface area contributed by atoms with E-state index in [1.165, 1.54) is 50.2 Å². The molecular weight excluding hydrogens is 323 g/mol. The second kappa shape index (κ2) is 9.32. The van der Waals surface area contributed by atoms with Crippen LogP contribution < -0.4 is 0 Å². The van der Waals surface area contributed by atoms with Gasteiger partial charge in [0.1, 0.15) is 11.9 Å². The highest BCUT2D eigenvalue weighted by Crippen LogP contribution is 2.38. The molecule has 1 fully saturated rings. The first kappa shape index (κ1) is 19.1. The molecule has 0 saturated heterocycles. The maximum atomic E-state index is 14.2. The minimum Gasteiger partial charge on any atom is -0.369 e. The van der Waals surface area contributed by atoms with Gasteiger partial charge >= 0.3 is 0 Å². The zero-order valence-electron chi connectivity index (χ0n) is 16.1. The van der Waals surface area contributed by atoms with Gasteiger partial charge in [-0.05, 0) is 61.6 Å². The Bertz CT molecular complexity index is 671. The number of hydrogen-bond acceptors (Lipinski definition) is 1. The molecule has 2 heteroatoms. The standard InChI is InChI=1S/C24H31FO/c1-3-7-18-10-12-19(13-11-18)20-14-16-21(17-15-20)24(26-4-2)22-8-5-6-9-23(22)25/h5-6,8-9,14-19,24H,3-4,7,10-13H2,1-2H3/t18-,19-,24?. The SMILES string of the molecule is CCC[C@H]1CC[C@H](c2ccc(C(OCC)c3ccccc3F)cc2)CC1. The van der Waals surface area contributed by atoms with Gasteiger partial charge in [0.15, 0.2) is 0 Å². The number of hydrogen-bond donors (Lipinski definition) is 0. The first-order valence-corrected chi connectivity index (χ1v) is 10.2. The fourth-order valence-electron chi connectivity index (χ4n) is 4.36. The molecule has 0 aliphatic heterocycles. The normalized spacial score (nSPS) is 21.5. The van der Waals surface area contributed by atoms with Crippen LogP contribution in [0.5, 0.6) is 0 Å². The second-order valence-corrected chi connectivity index (χ2v) is 7.53. The predicted molar refractivity (Wildman–Crippen MR) is 106 cm³/mol. The molecule has 1 unspecified atom stereocenters. The molecule has 1 aliphatic carbocycles. The number of ether oxygens (including phenoxy) is 1. The van der Waals surface area contributed by atoms with Crippen LogP contribution in [-0.4, -0.2) is 6.61 Å². The van der Waals surface area contributed by atoms with Crippen LogP contribution >= 0.6 is 0 Å². The summed E-state index contributed by atoms with van der Waals surface area (Å²) in [4.78, 5) is 0. The summed E-state index contributed by atoms with van der Waals surface area (Å²) in [7, 11) is 0. The number of halogens is 1. The molecule has 3 rings (SSSR count). The van der Waals surface area contributed by atoms with Crippen LogP contribution in [0.2, 0.25) is 0 Å². The lowest BCUT2D eigenvalue weighted by Crippen LogP contribution is -2.13. The van der Waals surface area contributed by atoms with Gasteiger partial charge in [-0.15, -0.1) is 0 Å². The van der Waals surface area contributed by atoms with Crippen molar-refractivity contribution in [3.05, 3.63) is 71.0 Å². The molecule has 0 amide bonds. The molecule has 2 aromatic carbocycles. The van der Waals surface area contributed by atoms with E-state index in [-0.39, 0.29) is 11.9 Å². The van der Waals surface area contributed by atoms with Crippen LogP contribution in [0.25, 0.3) is 0 Å². The molecule has 0 aromatic heterocycles. The van der Waals surface area contributed by atoms with Crippen molar-refractivity contribution in [2.75, 3.05) is 6.61 Å². The van der Waals surface area contributed by atoms with Crippen LogP contribution in [0.15, 0.2) is 48.5 Å². The first-order chi connectivity index (χ1) is 12.7. The fourth-order valence-corrected chi connectivity index (χ4v) is 4.36. The smallest absolute Gasteiger partial charge is 0.129 e. The lowest BCUT2D eigenvalue weighted by atomic mass is 9.77. The molecule has 1 atom stereocenters.